The Balaban J connectivity index is 1.99. The van der Waals surface area contributed by atoms with Crippen LogP contribution in [0.5, 0.6) is 5.75 Å². The number of benzene rings is 2. The number of imide groups is 1. The molecule has 3 rings (SSSR count). The number of nitrogens with zero attached hydrogens (tertiary/aromatic N) is 4. The molecule has 30 heavy (non-hydrogen) atoms. The molecule has 0 spiro atoms. The summed E-state index contributed by atoms with van der Waals surface area (Å²) in [4.78, 5) is 45.8. The first-order chi connectivity index (χ1) is 14.2. The van der Waals surface area contributed by atoms with Crippen molar-refractivity contribution in [2.75, 3.05) is 0 Å². The van der Waals surface area contributed by atoms with E-state index in [1.54, 1.807) is 18.2 Å². The fraction of sp³-hybridized carbons (Fsp3) is 0.0556. The average molecular weight is 426 g/mol. The molecular weight excluding hydrogens is 416 g/mol. The van der Waals surface area contributed by atoms with Gasteiger partial charge in [-0.15, -0.1) is 0 Å². The molecule has 1 aliphatic rings. The molecule has 12 heteroatoms. The Morgan fingerprint density at radius 2 is 1.87 bits per heavy atom. The number of phenolic OH excluding ortho intramolecular Hbond substituents is 1. The number of hydrogen-bond acceptors (Lipinski definition) is 9. The second-order valence-corrected chi connectivity index (χ2v) is 6.95. The van der Waals surface area contributed by atoms with E-state index in [9.17, 15) is 34.9 Å². The SMILES string of the molecule is N#Cc1ccccc1CN1C(=O)S/C(=C/c2cc([N+](=O)[O-])cc([N+](=O)[O-])c2O)C1=O. The number of non-ortho nitro benzene ring substituents is 1. The normalized spacial score (nSPS) is 14.8. The number of nitro groups is 2. The summed E-state index contributed by atoms with van der Waals surface area (Å²) in [5, 5.41) is 40.7. The van der Waals surface area contributed by atoms with Crippen molar-refractivity contribution in [1.29, 1.82) is 5.26 Å². The van der Waals surface area contributed by atoms with Gasteiger partial charge >= 0.3 is 5.69 Å². The summed E-state index contributed by atoms with van der Waals surface area (Å²) in [6.45, 7) is -0.174. The summed E-state index contributed by atoms with van der Waals surface area (Å²) < 4.78 is 0. The van der Waals surface area contributed by atoms with Gasteiger partial charge in [-0.1, -0.05) is 18.2 Å². The van der Waals surface area contributed by atoms with E-state index in [4.69, 9.17) is 5.26 Å². The van der Waals surface area contributed by atoms with Crippen LogP contribution in [0, 0.1) is 31.6 Å². The van der Waals surface area contributed by atoms with E-state index < -0.39 is 38.1 Å². The quantitative estimate of drug-likeness (QED) is 0.428. The lowest BCUT2D eigenvalue weighted by molar-refractivity contribution is -0.394. The van der Waals surface area contributed by atoms with E-state index >= 15 is 0 Å². The summed E-state index contributed by atoms with van der Waals surface area (Å²) in [5.74, 6) is -1.63. The molecule has 2 aromatic carbocycles. The second-order valence-electron chi connectivity index (χ2n) is 5.95. The molecule has 0 atom stereocenters. The van der Waals surface area contributed by atoms with Crippen LogP contribution in [-0.2, 0) is 11.3 Å². The largest absolute Gasteiger partial charge is 0.502 e. The standard InChI is InChI=1S/C18H10N4O7S/c19-8-10-3-1-2-4-11(10)9-20-17(24)15(30-18(20)25)6-12-5-13(21(26)27)7-14(16(12)23)22(28)29/h1-7,23H,9H2/b15-6+. The minimum absolute atomic E-state index is 0.174. The molecular formula is C18H10N4O7S. The Morgan fingerprint density at radius 3 is 2.50 bits per heavy atom. The van der Waals surface area contributed by atoms with E-state index in [1.165, 1.54) is 6.07 Å². The number of nitro benzene ring substituents is 2. The lowest BCUT2D eigenvalue weighted by atomic mass is 10.1. The fourth-order valence-electron chi connectivity index (χ4n) is 2.70. The number of carbonyl (C=O) groups excluding carboxylic acids is 2. The monoisotopic (exact) mass is 426 g/mol. The molecule has 0 bridgehead atoms. The van der Waals surface area contributed by atoms with Crippen LogP contribution in [0.4, 0.5) is 16.2 Å². The van der Waals surface area contributed by atoms with Gasteiger partial charge in [-0.2, -0.15) is 5.26 Å². The van der Waals surface area contributed by atoms with Crippen LogP contribution in [0.2, 0.25) is 0 Å². The van der Waals surface area contributed by atoms with Gasteiger partial charge < -0.3 is 5.11 Å². The highest BCUT2D eigenvalue weighted by Crippen LogP contribution is 2.39. The van der Waals surface area contributed by atoms with E-state index in [-0.39, 0.29) is 22.6 Å². The van der Waals surface area contributed by atoms with Crippen molar-refractivity contribution in [3.8, 4) is 11.8 Å². The van der Waals surface area contributed by atoms with Crippen LogP contribution >= 0.6 is 11.8 Å². The molecule has 0 unspecified atom stereocenters. The summed E-state index contributed by atoms with van der Waals surface area (Å²) >= 11 is 0.511. The predicted molar refractivity (Wildman–Crippen MR) is 104 cm³/mol. The Kier molecular flexibility index (Phi) is 5.48. The zero-order valence-electron chi connectivity index (χ0n) is 14.8. The number of hydrogen-bond donors (Lipinski definition) is 1. The predicted octanol–water partition coefficient (Wildman–Crippen LogP) is 3.32. The third kappa shape index (κ3) is 3.82. The first-order valence-corrected chi connectivity index (χ1v) is 8.93. The van der Waals surface area contributed by atoms with Crippen LogP contribution in [0.3, 0.4) is 0 Å². The molecule has 1 fully saturated rings. The van der Waals surface area contributed by atoms with Crippen molar-refractivity contribution in [3.63, 3.8) is 0 Å². The molecule has 2 aromatic rings. The van der Waals surface area contributed by atoms with Gasteiger partial charge in [0, 0.05) is 11.6 Å². The van der Waals surface area contributed by atoms with Crippen molar-refractivity contribution in [3.05, 3.63) is 78.2 Å². The molecule has 150 valence electrons. The summed E-state index contributed by atoms with van der Waals surface area (Å²) in [5.41, 5.74) is -1.19. The molecule has 0 aliphatic carbocycles. The van der Waals surface area contributed by atoms with Gasteiger partial charge in [-0.05, 0) is 29.5 Å². The van der Waals surface area contributed by atoms with Crippen molar-refractivity contribution in [1.82, 2.24) is 4.90 Å². The van der Waals surface area contributed by atoms with E-state index in [0.29, 0.717) is 23.4 Å². The fourth-order valence-corrected chi connectivity index (χ4v) is 3.52. The van der Waals surface area contributed by atoms with E-state index in [2.05, 4.69) is 0 Å². The number of carbonyl (C=O) groups is 2. The zero-order valence-corrected chi connectivity index (χ0v) is 15.7. The van der Waals surface area contributed by atoms with Crippen LogP contribution in [0.1, 0.15) is 16.7 Å². The zero-order chi connectivity index (χ0) is 22.0. The Hall–Kier alpha value is -4.24. The molecule has 1 aliphatic heterocycles. The number of amides is 2. The maximum Gasteiger partial charge on any atom is 0.318 e. The lowest BCUT2D eigenvalue weighted by Crippen LogP contribution is -2.27. The smallest absolute Gasteiger partial charge is 0.318 e. The topological polar surface area (TPSA) is 168 Å². The second kappa shape index (κ2) is 8.02. The summed E-state index contributed by atoms with van der Waals surface area (Å²) in [6.07, 6.45) is 0.983. The van der Waals surface area contributed by atoms with Gasteiger partial charge in [-0.25, -0.2) is 0 Å². The molecule has 1 N–H and O–H groups in total. The first-order valence-electron chi connectivity index (χ1n) is 8.12. The van der Waals surface area contributed by atoms with Crippen LogP contribution in [0.15, 0.2) is 41.3 Å². The lowest BCUT2D eigenvalue weighted by Gasteiger charge is -2.13. The minimum Gasteiger partial charge on any atom is -0.502 e. The molecule has 1 heterocycles. The molecule has 11 nitrogen and oxygen atoms in total. The van der Waals surface area contributed by atoms with Crippen molar-refractivity contribution >= 4 is 40.4 Å². The molecule has 0 aromatic heterocycles. The molecule has 2 amide bonds. The number of thioether (sulfide) groups is 1. The van der Waals surface area contributed by atoms with Gasteiger partial charge in [0.15, 0.2) is 0 Å². The van der Waals surface area contributed by atoms with E-state index in [1.807, 2.05) is 6.07 Å². The maximum absolute atomic E-state index is 12.7. The van der Waals surface area contributed by atoms with Crippen molar-refractivity contribution in [2.24, 2.45) is 0 Å². The van der Waals surface area contributed by atoms with Gasteiger partial charge in [-0.3, -0.25) is 34.7 Å². The minimum atomic E-state index is -0.996. The highest BCUT2D eigenvalue weighted by Gasteiger charge is 2.36. The number of phenols is 1. The summed E-state index contributed by atoms with van der Waals surface area (Å²) in [6, 6.07) is 9.81. The van der Waals surface area contributed by atoms with Crippen LogP contribution in [-0.4, -0.2) is 31.0 Å². The third-order valence-corrected chi connectivity index (χ3v) is 5.05. The Bertz CT molecular complexity index is 1190. The Labute approximate surface area is 172 Å². The van der Waals surface area contributed by atoms with E-state index in [0.717, 1.165) is 17.0 Å². The average Bonchev–Trinajstić information content (AvgIpc) is 2.96. The number of aromatic hydroxyl groups is 1. The molecule has 0 saturated carbocycles. The van der Waals surface area contributed by atoms with Gasteiger partial charge in [0.1, 0.15) is 0 Å². The highest BCUT2D eigenvalue weighted by molar-refractivity contribution is 8.18. The van der Waals surface area contributed by atoms with Crippen LogP contribution in [0.25, 0.3) is 6.08 Å². The highest BCUT2D eigenvalue weighted by atomic mass is 32.2. The van der Waals surface area contributed by atoms with Crippen molar-refractivity contribution < 1.29 is 24.5 Å². The van der Waals surface area contributed by atoms with Gasteiger partial charge in [0.25, 0.3) is 16.8 Å². The number of nitriles is 1. The Morgan fingerprint density at radius 1 is 1.17 bits per heavy atom. The molecule has 0 radical (unpaired) electrons. The third-order valence-electron chi connectivity index (χ3n) is 4.14. The van der Waals surface area contributed by atoms with Gasteiger partial charge in [0.2, 0.25) is 5.75 Å². The first kappa shape index (κ1) is 20.5. The van der Waals surface area contributed by atoms with Gasteiger partial charge in [0.05, 0.1) is 39.0 Å². The molecule has 1 saturated heterocycles. The van der Waals surface area contributed by atoms with Crippen molar-refractivity contribution in [2.45, 2.75) is 6.54 Å². The summed E-state index contributed by atoms with van der Waals surface area (Å²) in [7, 11) is 0. The van der Waals surface area contributed by atoms with Crippen LogP contribution < -0.4 is 0 Å². The maximum atomic E-state index is 12.7. The number of rotatable bonds is 5.